The van der Waals surface area contributed by atoms with E-state index >= 15 is 0 Å². The third kappa shape index (κ3) is 5.35. The maximum atomic E-state index is 12.9. The van der Waals surface area contributed by atoms with E-state index < -0.39 is 5.97 Å². The minimum Gasteiger partial charge on any atom is -0.462 e. The van der Waals surface area contributed by atoms with Crippen molar-refractivity contribution < 1.29 is 18.8 Å². The summed E-state index contributed by atoms with van der Waals surface area (Å²) < 4.78 is 10.4. The van der Waals surface area contributed by atoms with Crippen molar-refractivity contribution in [3.8, 4) is 10.7 Å². The molecule has 10 heteroatoms. The molecule has 0 spiro atoms. The molecule has 1 atom stereocenters. The van der Waals surface area contributed by atoms with Crippen LogP contribution in [0.2, 0.25) is 5.02 Å². The van der Waals surface area contributed by atoms with Crippen LogP contribution in [-0.2, 0) is 16.1 Å². The zero-order valence-electron chi connectivity index (χ0n) is 17.5. The van der Waals surface area contributed by atoms with Gasteiger partial charge in [-0.15, -0.1) is 11.3 Å². The highest BCUT2D eigenvalue weighted by Crippen LogP contribution is 2.25. The number of carbonyl (C=O) groups is 2. The van der Waals surface area contributed by atoms with Crippen LogP contribution in [0.4, 0.5) is 5.69 Å². The minimum absolute atomic E-state index is 0.100. The molecule has 0 bridgehead atoms. The Bertz CT molecular complexity index is 1090. The van der Waals surface area contributed by atoms with Crippen LogP contribution in [-0.4, -0.2) is 46.6 Å². The van der Waals surface area contributed by atoms with Gasteiger partial charge in [0.15, 0.2) is 0 Å². The summed E-state index contributed by atoms with van der Waals surface area (Å²) in [7, 11) is 0. The molecule has 0 saturated carbocycles. The minimum atomic E-state index is -0.515. The number of nitrogens with zero attached hydrogens (tertiary/aromatic N) is 3. The van der Waals surface area contributed by atoms with Gasteiger partial charge in [0.1, 0.15) is 0 Å². The van der Waals surface area contributed by atoms with Gasteiger partial charge in [0.2, 0.25) is 17.6 Å². The van der Waals surface area contributed by atoms with Crippen LogP contribution < -0.4 is 5.32 Å². The van der Waals surface area contributed by atoms with E-state index in [9.17, 15) is 9.59 Å². The number of nitrogens with one attached hydrogen (secondary N) is 1. The fourth-order valence-corrected chi connectivity index (χ4v) is 4.49. The molecule has 1 N–H and O–H groups in total. The number of amides is 1. The Kier molecular flexibility index (Phi) is 7.19. The predicted octanol–water partition coefficient (Wildman–Crippen LogP) is 4.48. The van der Waals surface area contributed by atoms with E-state index in [0.29, 0.717) is 30.5 Å². The molecule has 1 unspecified atom stereocenters. The zero-order chi connectivity index (χ0) is 22.5. The number of halogens is 1. The first-order chi connectivity index (χ1) is 15.5. The fourth-order valence-electron chi connectivity index (χ4n) is 3.64. The maximum Gasteiger partial charge on any atom is 0.339 e. The van der Waals surface area contributed by atoms with E-state index in [4.69, 9.17) is 20.9 Å². The van der Waals surface area contributed by atoms with Crippen LogP contribution in [0.1, 0.15) is 36.0 Å². The summed E-state index contributed by atoms with van der Waals surface area (Å²) in [6.45, 7) is 3.91. The molecule has 32 heavy (non-hydrogen) atoms. The summed E-state index contributed by atoms with van der Waals surface area (Å²) >= 11 is 7.66. The first-order valence-corrected chi connectivity index (χ1v) is 11.7. The molecular formula is C22H23ClN4O4S. The number of benzene rings is 1. The summed E-state index contributed by atoms with van der Waals surface area (Å²) in [5, 5.41) is 9.20. The van der Waals surface area contributed by atoms with Crippen LogP contribution in [0, 0.1) is 5.92 Å². The molecule has 2 aromatic heterocycles. The van der Waals surface area contributed by atoms with Crippen molar-refractivity contribution in [1.29, 1.82) is 0 Å². The number of carbonyl (C=O) groups excluding carboxylic acids is 2. The van der Waals surface area contributed by atoms with Gasteiger partial charge in [0.25, 0.3) is 0 Å². The van der Waals surface area contributed by atoms with Crippen molar-refractivity contribution in [2.75, 3.05) is 25.0 Å². The summed E-state index contributed by atoms with van der Waals surface area (Å²) in [5.41, 5.74) is 0.742. The normalized spacial score (nSPS) is 16.6. The molecule has 0 radical (unpaired) electrons. The van der Waals surface area contributed by atoms with Crippen LogP contribution in [0.5, 0.6) is 0 Å². The van der Waals surface area contributed by atoms with Gasteiger partial charge in [-0.25, -0.2) is 4.79 Å². The van der Waals surface area contributed by atoms with Crippen LogP contribution in [0.25, 0.3) is 10.7 Å². The van der Waals surface area contributed by atoms with Crippen LogP contribution in [0.3, 0.4) is 0 Å². The van der Waals surface area contributed by atoms with Crippen molar-refractivity contribution in [3.63, 3.8) is 0 Å². The Labute approximate surface area is 194 Å². The standard InChI is InChI=1S/C22H23ClN4O4S/c1-2-30-22(29)16-11-15(7-8-17(16)23)24-21(28)14-5-3-9-27(12-14)13-19-25-20(26-31-19)18-6-4-10-32-18/h4,6-8,10-11,14H,2-3,5,9,12-13H2,1H3,(H,24,28). The van der Waals surface area contributed by atoms with E-state index in [1.165, 1.54) is 0 Å². The number of esters is 1. The second kappa shape index (κ2) is 10.2. The monoisotopic (exact) mass is 474 g/mol. The van der Waals surface area contributed by atoms with E-state index in [1.807, 2.05) is 17.5 Å². The summed E-state index contributed by atoms with van der Waals surface area (Å²) in [6, 6.07) is 8.69. The number of aromatic nitrogens is 2. The third-order valence-electron chi connectivity index (χ3n) is 5.17. The van der Waals surface area contributed by atoms with Crippen molar-refractivity contribution >= 4 is 40.5 Å². The molecule has 3 aromatic rings. The lowest BCUT2D eigenvalue weighted by molar-refractivity contribution is -0.121. The Hall–Kier alpha value is -2.75. The second-order valence-corrected chi connectivity index (χ2v) is 8.82. The number of likely N-dealkylation sites (tertiary alicyclic amines) is 1. The Morgan fingerprint density at radius 1 is 1.38 bits per heavy atom. The SMILES string of the molecule is CCOC(=O)c1cc(NC(=O)C2CCCN(Cc3nc(-c4cccs4)no3)C2)ccc1Cl. The van der Waals surface area contributed by atoms with Crippen molar-refractivity contribution in [1.82, 2.24) is 15.0 Å². The summed E-state index contributed by atoms with van der Waals surface area (Å²) in [4.78, 5) is 32.5. The number of rotatable bonds is 7. The number of hydrogen-bond acceptors (Lipinski definition) is 8. The highest BCUT2D eigenvalue weighted by atomic mass is 35.5. The van der Waals surface area contributed by atoms with Gasteiger partial charge in [-0.3, -0.25) is 9.69 Å². The molecule has 4 rings (SSSR count). The highest BCUT2D eigenvalue weighted by molar-refractivity contribution is 7.13. The highest BCUT2D eigenvalue weighted by Gasteiger charge is 2.27. The molecule has 168 valence electrons. The lowest BCUT2D eigenvalue weighted by Gasteiger charge is -2.30. The van der Waals surface area contributed by atoms with Gasteiger partial charge in [-0.1, -0.05) is 22.8 Å². The molecular weight excluding hydrogens is 452 g/mol. The molecule has 1 aliphatic rings. The molecule has 1 fully saturated rings. The Balaban J connectivity index is 1.37. The lowest BCUT2D eigenvalue weighted by atomic mass is 9.97. The molecule has 1 aliphatic heterocycles. The van der Waals surface area contributed by atoms with E-state index in [-0.39, 0.29) is 29.0 Å². The number of anilines is 1. The van der Waals surface area contributed by atoms with Crippen LogP contribution in [0.15, 0.2) is 40.2 Å². The number of hydrogen-bond donors (Lipinski definition) is 1. The number of ether oxygens (including phenoxy) is 1. The molecule has 1 aromatic carbocycles. The van der Waals surface area contributed by atoms with Crippen molar-refractivity contribution in [2.45, 2.75) is 26.3 Å². The van der Waals surface area contributed by atoms with Gasteiger partial charge >= 0.3 is 5.97 Å². The van der Waals surface area contributed by atoms with Crippen molar-refractivity contribution in [2.24, 2.45) is 5.92 Å². The average Bonchev–Trinajstić information content (AvgIpc) is 3.47. The second-order valence-electron chi connectivity index (χ2n) is 7.47. The number of piperidine rings is 1. The molecule has 1 saturated heterocycles. The quantitative estimate of drug-likeness (QED) is 0.504. The van der Waals surface area contributed by atoms with Gasteiger partial charge in [-0.05, 0) is 56.0 Å². The van der Waals surface area contributed by atoms with E-state index in [2.05, 4.69) is 20.4 Å². The Morgan fingerprint density at radius 3 is 3.03 bits per heavy atom. The third-order valence-corrected chi connectivity index (χ3v) is 6.37. The van der Waals surface area contributed by atoms with E-state index in [1.54, 1.807) is 36.5 Å². The van der Waals surface area contributed by atoms with Gasteiger partial charge in [-0.2, -0.15) is 4.98 Å². The largest absolute Gasteiger partial charge is 0.462 e. The van der Waals surface area contributed by atoms with Gasteiger partial charge in [0.05, 0.1) is 34.5 Å². The van der Waals surface area contributed by atoms with E-state index in [0.717, 1.165) is 24.3 Å². The number of thiophene rings is 1. The van der Waals surface area contributed by atoms with Crippen LogP contribution >= 0.6 is 22.9 Å². The predicted molar refractivity (Wildman–Crippen MR) is 122 cm³/mol. The molecule has 3 heterocycles. The molecule has 8 nitrogen and oxygen atoms in total. The summed E-state index contributed by atoms with van der Waals surface area (Å²) in [6.07, 6.45) is 1.67. The first kappa shape index (κ1) is 22.4. The average molecular weight is 475 g/mol. The summed E-state index contributed by atoms with van der Waals surface area (Å²) in [5.74, 6) is 0.313. The Morgan fingerprint density at radius 2 is 2.25 bits per heavy atom. The fraction of sp³-hybridized carbons (Fsp3) is 0.364. The smallest absolute Gasteiger partial charge is 0.339 e. The molecule has 0 aliphatic carbocycles. The van der Waals surface area contributed by atoms with Gasteiger partial charge in [0, 0.05) is 12.2 Å². The van der Waals surface area contributed by atoms with Gasteiger partial charge < -0.3 is 14.6 Å². The first-order valence-electron chi connectivity index (χ1n) is 10.4. The topological polar surface area (TPSA) is 97.6 Å². The zero-order valence-corrected chi connectivity index (χ0v) is 19.1. The molecule has 1 amide bonds. The van der Waals surface area contributed by atoms with Crippen molar-refractivity contribution in [3.05, 3.63) is 52.2 Å². The lowest BCUT2D eigenvalue weighted by Crippen LogP contribution is -2.40. The maximum absolute atomic E-state index is 12.9.